The van der Waals surface area contributed by atoms with Crippen molar-refractivity contribution in [1.29, 1.82) is 0 Å². The molecule has 8 heteroatoms. The molecule has 3 aromatic rings. The number of hydrogen-bond donors (Lipinski definition) is 2. The smallest absolute Gasteiger partial charge is 0.318 e. The van der Waals surface area contributed by atoms with E-state index in [-0.39, 0.29) is 23.9 Å². The van der Waals surface area contributed by atoms with Gasteiger partial charge in [-0.25, -0.2) is 9.48 Å². The summed E-state index contributed by atoms with van der Waals surface area (Å²) in [5, 5.41) is 11.1. The molecular weight excluding hydrogens is 474 g/mol. The van der Waals surface area contributed by atoms with Gasteiger partial charge in [-0.1, -0.05) is 94.6 Å². The molecule has 0 saturated carbocycles. The van der Waals surface area contributed by atoms with Crippen molar-refractivity contribution in [3.05, 3.63) is 76.9 Å². The first-order chi connectivity index (χ1) is 17.2. The Bertz CT molecular complexity index is 1150. The van der Waals surface area contributed by atoms with Crippen LogP contribution in [0, 0.1) is 0 Å². The number of anilines is 1. The second kappa shape index (κ2) is 12.6. The van der Waals surface area contributed by atoms with Gasteiger partial charge in [0, 0.05) is 24.6 Å². The summed E-state index contributed by atoms with van der Waals surface area (Å²) in [7, 11) is 0. The predicted molar refractivity (Wildman–Crippen MR) is 146 cm³/mol. The number of para-hydroxylation sites is 1. The van der Waals surface area contributed by atoms with Crippen molar-refractivity contribution >= 4 is 29.4 Å². The van der Waals surface area contributed by atoms with Gasteiger partial charge in [-0.3, -0.25) is 4.79 Å². The summed E-state index contributed by atoms with van der Waals surface area (Å²) in [5.41, 5.74) is 2.26. The molecule has 0 fully saturated rings. The Labute approximate surface area is 218 Å². The molecule has 0 spiro atoms. The van der Waals surface area contributed by atoms with Crippen molar-refractivity contribution in [1.82, 2.24) is 20.0 Å². The molecule has 2 aromatic carbocycles. The van der Waals surface area contributed by atoms with Crippen LogP contribution in [-0.4, -0.2) is 39.7 Å². The molecule has 2 N–H and O–H groups in total. The lowest BCUT2D eigenvalue weighted by Crippen LogP contribution is -2.44. The second-order valence-corrected chi connectivity index (χ2v) is 10.3. The zero-order chi connectivity index (χ0) is 26.1. The summed E-state index contributed by atoms with van der Waals surface area (Å²) in [6, 6.07) is 18.7. The first kappa shape index (κ1) is 27.3. The van der Waals surface area contributed by atoms with Gasteiger partial charge >= 0.3 is 6.03 Å². The molecule has 192 valence electrons. The van der Waals surface area contributed by atoms with Crippen LogP contribution in [0.2, 0.25) is 5.02 Å². The average molecular weight is 510 g/mol. The molecule has 0 bridgehead atoms. The van der Waals surface area contributed by atoms with Crippen LogP contribution in [0.5, 0.6) is 0 Å². The van der Waals surface area contributed by atoms with Gasteiger partial charge in [-0.05, 0) is 24.1 Å². The van der Waals surface area contributed by atoms with Gasteiger partial charge in [-0.15, -0.1) is 0 Å². The third-order valence-electron chi connectivity index (χ3n) is 5.77. The van der Waals surface area contributed by atoms with Crippen LogP contribution < -0.4 is 10.6 Å². The van der Waals surface area contributed by atoms with E-state index in [4.69, 9.17) is 16.7 Å². The van der Waals surface area contributed by atoms with Gasteiger partial charge < -0.3 is 15.5 Å². The zero-order valence-electron chi connectivity index (χ0n) is 21.6. The standard InChI is InChI=1S/C28H36ClN5O2/c1-5-6-12-17-33(27(36)30-19-21-13-8-7-9-14-21)20-26(35)31-25-18-24(28(2,3)4)32-34(25)23-16-11-10-15-22(23)29/h7-11,13-16,18H,5-6,12,17,19-20H2,1-4H3,(H,30,36)(H,31,35). The maximum atomic E-state index is 13.2. The van der Waals surface area contributed by atoms with Gasteiger partial charge in [0.2, 0.25) is 5.91 Å². The maximum Gasteiger partial charge on any atom is 0.318 e. The summed E-state index contributed by atoms with van der Waals surface area (Å²) < 4.78 is 1.65. The quantitative estimate of drug-likeness (QED) is 0.321. The van der Waals surface area contributed by atoms with E-state index < -0.39 is 0 Å². The molecule has 0 aliphatic rings. The minimum atomic E-state index is -0.296. The molecule has 1 heterocycles. The number of halogens is 1. The number of nitrogens with one attached hydrogen (secondary N) is 2. The van der Waals surface area contributed by atoms with Crippen LogP contribution in [-0.2, 0) is 16.8 Å². The van der Waals surface area contributed by atoms with Crippen LogP contribution >= 0.6 is 11.6 Å². The highest BCUT2D eigenvalue weighted by molar-refractivity contribution is 6.32. The summed E-state index contributed by atoms with van der Waals surface area (Å²) in [6.45, 7) is 9.12. The molecule has 0 radical (unpaired) electrons. The first-order valence-corrected chi connectivity index (χ1v) is 12.8. The molecule has 3 amide bonds. The number of urea groups is 1. The fourth-order valence-corrected chi connectivity index (χ4v) is 3.91. The molecule has 0 unspecified atom stereocenters. The lowest BCUT2D eigenvalue weighted by Gasteiger charge is -2.23. The highest BCUT2D eigenvalue weighted by atomic mass is 35.5. The molecule has 1 aromatic heterocycles. The summed E-state index contributed by atoms with van der Waals surface area (Å²) in [4.78, 5) is 27.7. The first-order valence-electron chi connectivity index (χ1n) is 12.4. The van der Waals surface area contributed by atoms with Crippen molar-refractivity contribution < 1.29 is 9.59 Å². The number of amides is 3. The van der Waals surface area contributed by atoms with Crippen LogP contribution in [0.3, 0.4) is 0 Å². The number of aromatic nitrogens is 2. The molecule has 36 heavy (non-hydrogen) atoms. The number of rotatable bonds is 10. The van der Waals surface area contributed by atoms with Gasteiger partial charge in [-0.2, -0.15) is 5.10 Å². The minimum absolute atomic E-state index is 0.0666. The number of carbonyl (C=O) groups is 2. The van der Waals surface area contributed by atoms with Crippen LogP contribution in [0.1, 0.15) is 58.2 Å². The van der Waals surface area contributed by atoms with Crippen LogP contribution in [0.15, 0.2) is 60.7 Å². The fourth-order valence-electron chi connectivity index (χ4n) is 3.69. The van der Waals surface area contributed by atoms with Gasteiger partial charge in [0.25, 0.3) is 0 Å². The highest BCUT2D eigenvalue weighted by Gasteiger charge is 2.23. The van der Waals surface area contributed by atoms with E-state index in [1.807, 2.05) is 54.6 Å². The zero-order valence-corrected chi connectivity index (χ0v) is 22.3. The Morgan fingerprint density at radius 2 is 1.72 bits per heavy atom. The maximum absolute atomic E-state index is 13.2. The van der Waals surface area contributed by atoms with E-state index >= 15 is 0 Å². The molecular formula is C28H36ClN5O2. The summed E-state index contributed by atoms with van der Waals surface area (Å²) in [5.74, 6) is 0.214. The fraction of sp³-hybridized carbons (Fsp3) is 0.393. The largest absolute Gasteiger partial charge is 0.334 e. The summed E-state index contributed by atoms with van der Waals surface area (Å²) in [6.07, 6.45) is 2.84. The monoisotopic (exact) mass is 509 g/mol. The molecule has 0 aliphatic carbocycles. The summed E-state index contributed by atoms with van der Waals surface area (Å²) >= 11 is 6.44. The number of benzene rings is 2. The van der Waals surface area contributed by atoms with Crippen molar-refractivity contribution in [3.63, 3.8) is 0 Å². The molecule has 0 saturated heterocycles. The van der Waals surface area contributed by atoms with E-state index in [9.17, 15) is 9.59 Å². The normalized spacial score (nSPS) is 11.2. The Morgan fingerprint density at radius 3 is 2.39 bits per heavy atom. The number of unbranched alkanes of at least 4 members (excludes halogenated alkanes) is 2. The molecule has 0 aliphatic heterocycles. The topological polar surface area (TPSA) is 79.3 Å². The van der Waals surface area contributed by atoms with E-state index in [2.05, 4.69) is 38.3 Å². The van der Waals surface area contributed by atoms with E-state index in [0.29, 0.717) is 29.6 Å². The molecule has 7 nitrogen and oxygen atoms in total. The van der Waals surface area contributed by atoms with Crippen molar-refractivity contribution in [2.45, 2.75) is 58.9 Å². The van der Waals surface area contributed by atoms with E-state index in [0.717, 1.165) is 30.5 Å². The average Bonchev–Trinajstić information content (AvgIpc) is 3.27. The Kier molecular flexibility index (Phi) is 9.53. The van der Waals surface area contributed by atoms with Crippen molar-refractivity contribution in [2.24, 2.45) is 0 Å². The predicted octanol–water partition coefficient (Wildman–Crippen LogP) is 6.16. The number of carbonyl (C=O) groups excluding carboxylic acids is 2. The van der Waals surface area contributed by atoms with Gasteiger partial charge in [0.15, 0.2) is 0 Å². The van der Waals surface area contributed by atoms with Crippen LogP contribution in [0.4, 0.5) is 10.6 Å². The minimum Gasteiger partial charge on any atom is -0.334 e. The van der Waals surface area contributed by atoms with Gasteiger partial charge in [0.1, 0.15) is 12.4 Å². The molecule has 3 rings (SSSR count). The highest BCUT2D eigenvalue weighted by Crippen LogP contribution is 2.29. The number of hydrogen-bond acceptors (Lipinski definition) is 3. The van der Waals surface area contributed by atoms with Crippen molar-refractivity contribution in [3.8, 4) is 5.69 Å². The van der Waals surface area contributed by atoms with Gasteiger partial charge in [0.05, 0.1) is 16.4 Å². The van der Waals surface area contributed by atoms with E-state index in [1.54, 1.807) is 15.6 Å². The Balaban J connectivity index is 1.77. The van der Waals surface area contributed by atoms with Crippen LogP contribution in [0.25, 0.3) is 5.69 Å². The van der Waals surface area contributed by atoms with Crippen molar-refractivity contribution in [2.75, 3.05) is 18.4 Å². The Hall–Kier alpha value is -3.32. The Morgan fingerprint density at radius 1 is 1.03 bits per heavy atom. The SMILES string of the molecule is CCCCCN(CC(=O)Nc1cc(C(C)(C)C)nn1-c1ccccc1Cl)C(=O)NCc1ccccc1. The third kappa shape index (κ3) is 7.59. The van der Waals surface area contributed by atoms with E-state index in [1.165, 1.54) is 0 Å². The lowest BCUT2D eigenvalue weighted by atomic mass is 9.92. The number of nitrogens with zero attached hydrogens (tertiary/aromatic N) is 3. The lowest BCUT2D eigenvalue weighted by molar-refractivity contribution is -0.116. The third-order valence-corrected chi connectivity index (χ3v) is 6.09. The molecule has 0 atom stereocenters. The second-order valence-electron chi connectivity index (χ2n) is 9.85.